The third-order valence-corrected chi connectivity index (χ3v) is 5.53. The van der Waals surface area contributed by atoms with E-state index in [9.17, 15) is 4.79 Å². The molecule has 1 fully saturated rings. The van der Waals surface area contributed by atoms with Crippen LogP contribution in [0.3, 0.4) is 0 Å². The van der Waals surface area contributed by atoms with Crippen LogP contribution < -0.4 is 5.32 Å². The Balaban J connectivity index is 1.58. The number of hydrogen-bond donors (Lipinski definition) is 1. The molecule has 2 atom stereocenters. The Kier molecular flexibility index (Phi) is 6.58. The van der Waals surface area contributed by atoms with Crippen molar-refractivity contribution in [1.82, 2.24) is 10.2 Å². The first-order chi connectivity index (χ1) is 12.5. The Hall–Kier alpha value is -1.55. The van der Waals surface area contributed by atoms with E-state index in [1.807, 2.05) is 49.4 Å². The summed E-state index contributed by atoms with van der Waals surface area (Å²) in [4.78, 5) is 15.0. The molecule has 1 aliphatic rings. The summed E-state index contributed by atoms with van der Waals surface area (Å²) in [5.41, 5.74) is 2.18. The molecule has 0 spiro atoms. The fourth-order valence-corrected chi connectivity index (χ4v) is 3.93. The summed E-state index contributed by atoms with van der Waals surface area (Å²) in [6.45, 7) is 4.51. The highest BCUT2D eigenvalue weighted by Crippen LogP contribution is 2.25. The van der Waals surface area contributed by atoms with E-state index in [-0.39, 0.29) is 17.9 Å². The highest BCUT2D eigenvalue weighted by molar-refractivity contribution is 6.35. The number of amides is 1. The monoisotopic (exact) mass is 390 g/mol. The lowest BCUT2D eigenvalue weighted by molar-refractivity contribution is -0.127. The van der Waals surface area contributed by atoms with Crippen molar-refractivity contribution < 1.29 is 4.79 Å². The molecule has 3 nitrogen and oxygen atoms in total. The Morgan fingerprint density at radius 2 is 2.00 bits per heavy atom. The average Bonchev–Trinajstić information content (AvgIpc) is 2.65. The Morgan fingerprint density at radius 1 is 1.23 bits per heavy atom. The number of halogens is 2. The molecule has 5 heteroatoms. The van der Waals surface area contributed by atoms with Crippen molar-refractivity contribution in [1.29, 1.82) is 0 Å². The minimum absolute atomic E-state index is 0.0148. The molecule has 3 rings (SSSR count). The number of carbonyl (C=O) groups is 1. The summed E-state index contributed by atoms with van der Waals surface area (Å²) in [7, 11) is 0. The number of benzene rings is 2. The average molecular weight is 391 g/mol. The minimum atomic E-state index is 0.0148. The van der Waals surface area contributed by atoms with E-state index >= 15 is 0 Å². The molecule has 0 aromatic heterocycles. The van der Waals surface area contributed by atoms with Crippen molar-refractivity contribution >= 4 is 29.1 Å². The van der Waals surface area contributed by atoms with Crippen LogP contribution in [-0.2, 0) is 11.3 Å². The van der Waals surface area contributed by atoms with Crippen LogP contribution in [0, 0.1) is 5.92 Å². The van der Waals surface area contributed by atoms with Gasteiger partial charge < -0.3 is 5.32 Å². The van der Waals surface area contributed by atoms with Crippen LogP contribution in [0.5, 0.6) is 0 Å². The van der Waals surface area contributed by atoms with Crippen molar-refractivity contribution in [2.75, 3.05) is 13.1 Å². The molecule has 0 saturated carbocycles. The van der Waals surface area contributed by atoms with E-state index in [0.717, 1.165) is 43.6 Å². The van der Waals surface area contributed by atoms with Gasteiger partial charge in [-0.05, 0) is 49.6 Å². The van der Waals surface area contributed by atoms with Gasteiger partial charge in [0.1, 0.15) is 0 Å². The molecule has 138 valence electrons. The van der Waals surface area contributed by atoms with Crippen molar-refractivity contribution in [3.8, 4) is 0 Å². The number of rotatable bonds is 5. The smallest absolute Gasteiger partial charge is 0.224 e. The lowest BCUT2D eigenvalue weighted by atomic mass is 9.96. The highest BCUT2D eigenvalue weighted by Gasteiger charge is 2.27. The van der Waals surface area contributed by atoms with Gasteiger partial charge in [0, 0.05) is 23.1 Å². The molecule has 0 aliphatic carbocycles. The van der Waals surface area contributed by atoms with Crippen LogP contribution in [0.1, 0.15) is 36.9 Å². The van der Waals surface area contributed by atoms with Crippen molar-refractivity contribution in [2.24, 2.45) is 5.92 Å². The summed E-state index contributed by atoms with van der Waals surface area (Å²) in [5, 5.41) is 4.49. The van der Waals surface area contributed by atoms with Crippen molar-refractivity contribution in [2.45, 2.75) is 32.4 Å². The molecule has 2 aromatic rings. The Morgan fingerprint density at radius 3 is 2.73 bits per heavy atom. The van der Waals surface area contributed by atoms with Crippen LogP contribution in [0.15, 0.2) is 48.5 Å². The lowest BCUT2D eigenvalue weighted by Crippen LogP contribution is -2.43. The summed E-state index contributed by atoms with van der Waals surface area (Å²) in [6.07, 6.45) is 1.95. The van der Waals surface area contributed by atoms with Gasteiger partial charge in [0.25, 0.3) is 0 Å². The summed E-state index contributed by atoms with van der Waals surface area (Å²) in [5.74, 6) is 0.147. The first-order valence-corrected chi connectivity index (χ1v) is 9.80. The maximum atomic E-state index is 12.7. The van der Waals surface area contributed by atoms with E-state index < -0.39 is 0 Å². The topological polar surface area (TPSA) is 32.3 Å². The van der Waals surface area contributed by atoms with E-state index in [1.165, 1.54) is 0 Å². The van der Waals surface area contributed by atoms with Crippen molar-refractivity contribution in [3.63, 3.8) is 0 Å². The number of likely N-dealkylation sites (tertiary alicyclic amines) is 1. The zero-order valence-electron chi connectivity index (χ0n) is 14.9. The number of piperidine rings is 1. The Labute approximate surface area is 165 Å². The molecular formula is C21H24Cl2N2O. The largest absolute Gasteiger partial charge is 0.349 e. The second-order valence-corrected chi connectivity index (χ2v) is 7.79. The third-order valence-electron chi connectivity index (χ3n) is 4.94. The van der Waals surface area contributed by atoms with Crippen LogP contribution in [0.25, 0.3) is 0 Å². The quantitative estimate of drug-likeness (QED) is 0.771. The van der Waals surface area contributed by atoms with Gasteiger partial charge in [-0.2, -0.15) is 0 Å². The summed E-state index contributed by atoms with van der Waals surface area (Å²) in [6, 6.07) is 15.7. The second-order valence-electron chi connectivity index (χ2n) is 6.95. The summed E-state index contributed by atoms with van der Waals surface area (Å²) < 4.78 is 0. The first-order valence-electron chi connectivity index (χ1n) is 9.04. The number of hydrogen-bond acceptors (Lipinski definition) is 2. The maximum Gasteiger partial charge on any atom is 0.224 e. The van der Waals surface area contributed by atoms with Crippen LogP contribution in [0.4, 0.5) is 0 Å². The zero-order valence-corrected chi connectivity index (χ0v) is 16.4. The number of nitrogens with one attached hydrogen (secondary N) is 1. The SMILES string of the molecule is C[C@H](NC(=O)[C@@H]1CCCN(Cc2ccc(Cl)cc2Cl)C1)c1ccccc1. The van der Waals surface area contributed by atoms with Gasteiger partial charge in [0.15, 0.2) is 0 Å². The molecule has 1 heterocycles. The van der Waals surface area contributed by atoms with Crippen LogP contribution in [-0.4, -0.2) is 23.9 Å². The minimum Gasteiger partial charge on any atom is -0.349 e. The Bertz CT molecular complexity index is 751. The molecule has 1 amide bonds. The molecule has 0 unspecified atom stereocenters. The lowest BCUT2D eigenvalue weighted by Gasteiger charge is -2.32. The molecular weight excluding hydrogens is 367 g/mol. The molecule has 1 N–H and O–H groups in total. The molecule has 2 aromatic carbocycles. The van der Waals surface area contributed by atoms with Crippen LogP contribution >= 0.6 is 23.2 Å². The van der Waals surface area contributed by atoms with Gasteiger partial charge >= 0.3 is 0 Å². The van der Waals surface area contributed by atoms with Crippen molar-refractivity contribution in [3.05, 3.63) is 69.7 Å². The standard InChI is InChI=1S/C21H24Cl2N2O/c1-15(16-6-3-2-4-7-16)24-21(26)18-8-5-11-25(14-18)13-17-9-10-19(22)12-20(17)23/h2-4,6-7,9-10,12,15,18H,5,8,11,13-14H2,1H3,(H,24,26)/t15-,18+/m0/s1. The number of carbonyl (C=O) groups excluding carboxylic acids is 1. The molecule has 26 heavy (non-hydrogen) atoms. The molecule has 0 radical (unpaired) electrons. The molecule has 0 bridgehead atoms. The second kappa shape index (κ2) is 8.90. The predicted octanol–water partition coefficient (Wildman–Crippen LogP) is 5.08. The van der Waals surface area contributed by atoms with E-state index in [2.05, 4.69) is 10.2 Å². The summed E-state index contributed by atoms with van der Waals surface area (Å²) >= 11 is 12.3. The van der Waals surface area contributed by atoms with Gasteiger partial charge in [-0.1, -0.05) is 59.6 Å². The first kappa shape index (κ1) is 19.2. The predicted molar refractivity (Wildman–Crippen MR) is 107 cm³/mol. The van der Waals surface area contributed by atoms with Gasteiger partial charge in [0.2, 0.25) is 5.91 Å². The number of nitrogens with zero attached hydrogens (tertiary/aromatic N) is 1. The van der Waals surface area contributed by atoms with Gasteiger partial charge in [-0.25, -0.2) is 0 Å². The van der Waals surface area contributed by atoms with E-state index in [4.69, 9.17) is 23.2 Å². The fourth-order valence-electron chi connectivity index (χ4n) is 3.46. The fraction of sp³-hybridized carbons (Fsp3) is 0.381. The normalized spacial score (nSPS) is 19.1. The third kappa shape index (κ3) is 5.00. The maximum absolute atomic E-state index is 12.7. The van der Waals surface area contributed by atoms with Gasteiger partial charge in [-0.3, -0.25) is 9.69 Å². The van der Waals surface area contributed by atoms with Gasteiger partial charge in [-0.15, -0.1) is 0 Å². The molecule has 1 saturated heterocycles. The van der Waals surface area contributed by atoms with Crippen LogP contribution in [0.2, 0.25) is 10.0 Å². The molecule has 1 aliphatic heterocycles. The van der Waals surface area contributed by atoms with E-state index in [1.54, 1.807) is 6.07 Å². The van der Waals surface area contributed by atoms with E-state index in [0.29, 0.717) is 10.0 Å². The zero-order chi connectivity index (χ0) is 18.5. The highest BCUT2D eigenvalue weighted by atomic mass is 35.5. The van der Waals surface area contributed by atoms with Gasteiger partial charge in [0.05, 0.1) is 12.0 Å².